The molecule has 0 radical (unpaired) electrons. The van der Waals surface area contributed by atoms with Crippen molar-refractivity contribution in [3.8, 4) is 17.3 Å². The minimum Gasteiger partial charge on any atom is -0.444 e. The summed E-state index contributed by atoms with van der Waals surface area (Å²) in [5.74, 6) is 2.33. The molecule has 0 bridgehead atoms. The van der Waals surface area contributed by atoms with Crippen LogP contribution in [0.1, 0.15) is 45.2 Å². The molecule has 0 aromatic carbocycles. The van der Waals surface area contributed by atoms with Crippen LogP contribution in [0.15, 0.2) is 36.8 Å². The number of aromatic nitrogens is 7. The molecular weight excluding hydrogens is 510 g/mol. The lowest BCUT2D eigenvalue weighted by molar-refractivity contribution is 0.0204. The molecule has 1 amide bonds. The molecule has 210 valence electrons. The summed E-state index contributed by atoms with van der Waals surface area (Å²) >= 11 is 0. The molecule has 0 unspecified atom stereocenters. The van der Waals surface area contributed by atoms with Gasteiger partial charge in [0.15, 0.2) is 17.0 Å². The monoisotopic (exact) mass is 545 g/mol. The van der Waals surface area contributed by atoms with E-state index in [1.165, 1.54) is 0 Å². The van der Waals surface area contributed by atoms with Crippen LogP contribution in [0.3, 0.4) is 0 Å². The van der Waals surface area contributed by atoms with Gasteiger partial charge in [-0.05, 0) is 51.8 Å². The number of nitrogens with zero attached hydrogens (tertiary/aromatic N) is 9. The zero-order valence-electron chi connectivity index (χ0n) is 23.4. The Morgan fingerprint density at radius 1 is 1.00 bits per heavy atom. The van der Waals surface area contributed by atoms with Crippen LogP contribution < -0.4 is 4.90 Å². The molecule has 0 spiro atoms. The molecule has 0 N–H and O–H groups in total. The summed E-state index contributed by atoms with van der Waals surface area (Å²) < 4.78 is 14.9. The first kappa shape index (κ1) is 26.2. The fourth-order valence-electron chi connectivity index (χ4n) is 5.24. The molecule has 6 heterocycles. The number of likely N-dealkylation sites (tertiary alicyclic amines) is 1. The van der Waals surface area contributed by atoms with Gasteiger partial charge >= 0.3 is 6.09 Å². The second kappa shape index (κ2) is 10.5. The number of anilines is 1. The van der Waals surface area contributed by atoms with Crippen LogP contribution in [-0.2, 0) is 16.5 Å². The highest BCUT2D eigenvalue weighted by Gasteiger charge is 2.29. The maximum Gasteiger partial charge on any atom is 0.410 e. The van der Waals surface area contributed by atoms with Gasteiger partial charge in [-0.3, -0.25) is 4.98 Å². The number of hydrogen-bond donors (Lipinski definition) is 0. The van der Waals surface area contributed by atoms with E-state index in [-0.39, 0.29) is 12.0 Å². The number of morpholine rings is 1. The molecule has 0 aliphatic carbocycles. The average molecular weight is 546 g/mol. The van der Waals surface area contributed by atoms with Crippen LogP contribution in [0.2, 0.25) is 0 Å². The van der Waals surface area contributed by atoms with Gasteiger partial charge in [-0.25, -0.2) is 14.5 Å². The van der Waals surface area contributed by atoms with Crippen LogP contribution in [-0.4, -0.2) is 90.3 Å². The number of ether oxygens (including phenoxy) is 2. The van der Waals surface area contributed by atoms with Crippen molar-refractivity contribution in [2.75, 3.05) is 44.3 Å². The zero-order valence-corrected chi connectivity index (χ0v) is 23.4. The molecule has 2 saturated heterocycles. The van der Waals surface area contributed by atoms with Gasteiger partial charge in [0.2, 0.25) is 0 Å². The number of piperidine rings is 1. The van der Waals surface area contributed by atoms with E-state index in [4.69, 9.17) is 29.5 Å². The minimum absolute atomic E-state index is 0.248. The summed E-state index contributed by atoms with van der Waals surface area (Å²) in [6, 6.07) is 5.91. The van der Waals surface area contributed by atoms with Gasteiger partial charge in [0, 0.05) is 63.3 Å². The summed E-state index contributed by atoms with van der Waals surface area (Å²) in [5, 5.41) is 4.90. The van der Waals surface area contributed by atoms with Crippen LogP contribution in [0.25, 0.3) is 28.5 Å². The van der Waals surface area contributed by atoms with Crippen molar-refractivity contribution in [2.45, 2.75) is 45.1 Å². The second-order valence-electron chi connectivity index (χ2n) is 11.3. The summed E-state index contributed by atoms with van der Waals surface area (Å²) in [6.07, 6.45) is 6.84. The summed E-state index contributed by atoms with van der Waals surface area (Å²) in [4.78, 5) is 35.5. The van der Waals surface area contributed by atoms with Gasteiger partial charge in [-0.15, -0.1) is 0 Å². The van der Waals surface area contributed by atoms with E-state index < -0.39 is 5.60 Å². The van der Waals surface area contributed by atoms with Crippen LogP contribution >= 0.6 is 0 Å². The summed E-state index contributed by atoms with van der Waals surface area (Å²) in [5.41, 5.74) is 2.93. The zero-order chi connectivity index (χ0) is 27.9. The lowest BCUT2D eigenvalue weighted by atomic mass is 9.94. The van der Waals surface area contributed by atoms with Crippen molar-refractivity contribution in [3.05, 3.63) is 42.5 Å². The van der Waals surface area contributed by atoms with E-state index in [1.54, 1.807) is 22.0 Å². The molecule has 2 aliphatic rings. The highest BCUT2D eigenvalue weighted by atomic mass is 16.6. The lowest BCUT2D eigenvalue weighted by Crippen LogP contribution is -2.41. The van der Waals surface area contributed by atoms with Gasteiger partial charge in [-0.1, -0.05) is 0 Å². The van der Waals surface area contributed by atoms with E-state index in [0.29, 0.717) is 32.3 Å². The number of rotatable bonds is 4. The number of aryl methyl sites for hydroxylation is 1. The Morgan fingerprint density at radius 3 is 2.42 bits per heavy atom. The minimum atomic E-state index is -0.499. The third kappa shape index (κ3) is 5.23. The van der Waals surface area contributed by atoms with Gasteiger partial charge in [-0.2, -0.15) is 15.1 Å². The first-order chi connectivity index (χ1) is 19.3. The molecule has 0 saturated carbocycles. The SMILES string of the molecule is Cn1c(-c2ccncc2)nc2c(N3CCOCC3)nc(-n3ccc(C4CCN(C(=O)OC(C)(C)C)CC4)n3)nc21. The van der Waals surface area contributed by atoms with Crippen molar-refractivity contribution in [2.24, 2.45) is 7.05 Å². The van der Waals surface area contributed by atoms with Gasteiger partial charge in [0.1, 0.15) is 11.4 Å². The van der Waals surface area contributed by atoms with Crippen LogP contribution in [0.4, 0.5) is 10.6 Å². The van der Waals surface area contributed by atoms with Gasteiger partial charge < -0.3 is 23.8 Å². The van der Waals surface area contributed by atoms with E-state index >= 15 is 0 Å². The molecule has 2 fully saturated rings. The highest BCUT2D eigenvalue weighted by molar-refractivity contribution is 5.87. The Morgan fingerprint density at radius 2 is 1.73 bits per heavy atom. The molecule has 6 rings (SSSR count). The Hall–Kier alpha value is -4.06. The molecule has 0 atom stereocenters. The van der Waals surface area contributed by atoms with Crippen molar-refractivity contribution in [1.29, 1.82) is 0 Å². The number of imidazole rings is 1. The smallest absolute Gasteiger partial charge is 0.410 e. The standard InChI is InChI=1S/C28H35N9O3/c1-28(2,3)40-27(38)36-12-7-19(8-13-36)21-9-14-37(33-21)26-31-24-22(25(32-26)35-15-17-39-18-16-35)30-23(34(24)4)20-5-10-29-11-6-20/h5-6,9-11,14,19H,7-8,12-13,15-18H2,1-4H3. The Labute approximate surface area is 233 Å². The van der Waals surface area contributed by atoms with Gasteiger partial charge in [0.25, 0.3) is 5.95 Å². The van der Waals surface area contributed by atoms with Crippen molar-refractivity contribution < 1.29 is 14.3 Å². The third-order valence-corrected chi connectivity index (χ3v) is 7.32. The number of carbonyl (C=O) groups excluding carboxylic acids is 1. The Balaban J connectivity index is 1.29. The first-order valence-electron chi connectivity index (χ1n) is 13.8. The molecule has 4 aromatic heterocycles. The quantitative estimate of drug-likeness (QED) is 0.379. The first-order valence-corrected chi connectivity index (χ1v) is 13.8. The molecule has 12 nitrogen and oxygen atoms in total. The summed E-state index contributed by atoms with van der Waals surface area (Å²) in [6.45, 7) is 9.68. The molecular formula is C28H35N9O3. The average Bonchev–Trinajstić information content (AvgIpc) is 3.58. The Kier molecular flexibility index (Phi) is 6.87. The maximum atomic E-state index is 12.5. The van der Waals surface area contributed by atoms with E-state index in [1.807, 2.05) is 56.8 Å². The molecule has 2 aliphatic heterocycles. The largest absolute Gasteiger partial charge is 0.444 e. The van der Waals surface area contributed by atoms with Crippen molar-refractivity contribution in [1.82, 2.24) is 39.2 Å². The highest BCUT2D eigenvalue weighted by Crippen LogP contribution is 2.31. The second-order valence-corrected chi connectivity index (χ2v) is 11.3. The third-order valence-electron chi connectivity index (χ3n) is 7.32. The molecule has 12 heteroatoms. The number of carbonyl (C=O) groups is 1. The molecule has 40 heavy (non-hydrogen) atoms. The van der Waals surface area contributed by atoms with Crippen molar-refractivity contribution >= 4 is 23.1 Å². The molecule has 4 aromatic rings. The van der Waals surface area contributed by atoms with Crippen LogP contribution in [0, 0.1) is 0 Å². The van der Waals surface area contributed by atoms with Crippen molar-refractivity contribution in [3.63, 3.8) is 0 Å². The Bertz CT molecular complexity index is 1490. The topological polar surface area (TPSA) is 116 Å². The predicted octanol–water partition coefficient (Wildman–Crippen LogP) is 3.56. The van der Waals surface area contributed by atoms with E-state index in [2.05, 4.69) is 9.88 Å². The number of pyridine rings is 1. The maximum absolute atomic E-state index is 12.5. The van der Waals surface area contributed by atoms with E-state index in [9.17, 15) is 4.79 Å². The van der Waals surface area contributed by atoms with Crippen LogP contribution in [0.5, 0.6) is 0 Å². The fraction of sp³-hybridized carbons (Fsp3) is 0.500. The van der Waals surface area contributed by atoms with E-state index in [0.717, 1.165) is 60.0 Å². The fourth-order valence-corrected chi connectivity index (χ4v) is 5.24. The van der Waals surface area contributed by atoms with Gasteiger partial charge in [0.05, 0.1) is 18.9 Å². The number of hydrogen-bond acceptors (Lipinski definition) is 9. The normalized spacial score (nSPS) is 17.0. The number of amides is 1. The number of fused-ring (bicyclic) bond motifs is 1. The predicted molar refractivity (Wildman–Crippen MR) is 149 cm³/mol. The summed E-state index contributed by atoms with van der Waals surface area (Å²) in [7, 11) is 1.97. The lowest BCUT2D eigenvalue weighted by Gasteiger charge is -2.32.